The van der Waals surface area contributed by atoms with Crippen molar-refractivity contribution in [3.8, 4) is 0 Å². The third kappa shape index (κ3) is 5.24. The summed E-state index contributed by atoms with van der Waals surface area (Å²) in [5.74, 6) is 1.74. The Bertz CT molecular complexity index is 625. The molecular formula is C18H18Cl2N2S. The number of hydrogen-bond acceptors (Lipinski definition) is 3. The van der Waals surface area contributed by atoms with E-state index in [1.54, 1.807) is 11.8 Å². The molecule has 2 aromatic rings. The van der Waals surface area contributed by atoms with Gasteiger partial charge in [-0.2, -0.15) is 11.8 Å². The SMILES string of the molecule is Nc1cccc(Cl)c1C=CCSCC=Cc1c(N)cccc1Cl. The van der Waals surface area contributed by atoms with Gasteiger partial charge in [-0.15, -0.1) is 0 Å². The monoisotopic (exact) mass is 364 g/mol. The van der Waals surface area contributed by atoms with Gasteiger partial charge in [-0.05, 0) is 24.3 Å². The van der Waals surface area contributed by atoms with Crippen LogP contribution in [0.25, 0.3) is 12.2 Å². The molecular weight excluding hydrogens is 347 g/mol. The fourth-order valence-electron chi connectivity index (χ4n) is 2.00. The lowest BCUT2D eigenvalue weighted by molar-refractivity contribution is 1.62. The third-order valence-corrected chi connectivity index (χ3v) is 4.69. The molecule has 0 aliphatic rings. The highest BCUT2D eigenvalue weighted by Crippen LogP contribution is 2.24. The highest BCUT2D eigenvalue weighted by Gasteiger charge is 2.00. The van der Waals surface area contributed by atoms with E-state index >= 15 is 0 Å². The zero-order chi connectivity index (χ0) is 16.7. The topological polar surface area (TPSA) is 52.0 Å². The molecule has 2 aromatic carbocycles. The molecule has 2 nitrogen and oxygen atoms in total. The molecule has 0 amide bonds. The van der Waals surface area contributed by atoms with Gasteiger partial charge in [0.1, 0.15) is 0 Å². The highest BCUT2D eigenvalue weighted by atomic mass is 35.5. The van der Waals surface area contributed by atoms with E-state index in [1.165, 1.54) is 0 Å². The molecule has 0 aromatic heterocycles. The summed E-state index contributed by atoms with van der Waals surface area (Å²) in [7, 11) is 0. The van der Waals surface area contributed by atoms with Crippen LogP contribution in [0.1, 0.15) is 11.1 Å². The lowest BCUT2D eigenvalue weighted by Gasteiger charge is -2.02. The van der Waals surface area contributed by atoms with Crippen LogP contribution in [0.15, 0.2) is 48.6 Å². The summed E-state index contributed by atoms with van der Waals surface area (Å²) >= 11 is 14.0. The average Bonchev–Trinajstić information content (AvgIpc) is 2.51. The summed E-state index contributed by atoms with van der Waals surface area (Å²) in [6.07, 6.45) is 8.03. The minimum absolute atomic E-state index is 0.667. The maximum atomic E-state index is 6.12. The van der Waals surface area contributed by atoms with Gasteiger partial charge < -0.3 is 11.5 Å². The van der Waals surface area contributed by atoms with Crippen LogP contribution in [-0.2, 0) is 0 Å². The smallest absolute Gasteiger partial charge is 0.0498 e. The Morgan fingerprint density at radius 3 is 1.61 bits per heavy atom. The van der Waals surface area contributed by atoms with Crippen molar-refractivity contribution in [3.05, 3.63) is 69.7 Å². The van der Waals surface area contributed by atoms with Crippen LogP contribution in [0.2, 0.25) is 10.0 Å². The van der Waals surface area contributed by atoms with Gasteiger partial charge in [-0.1, -0.05) is 59.6 Å². The molecule has 0 saturated heterocycles. The molecule has 4 N–H and O–H groups in total. The zero-order valence-corrected chi connectivity index (χ0v) is 14.8. The van der Waals surface area contributed by atoms with Crippen molar-refractivity contribution in [2.24, 2.45) is 0 Å². The lowest BCUT2D eigenvalue weighted by Crippen LogP contribution is -1.89. The number of hydrogen-bond donors (Lipinski definition) is 2. The summed E-state index contributed by atoms with van der Waals surface area (Å²) in [6, 6.07) is 11.0. The first-order valence-corrected chi connectivity index (χ1v) is 8.99. The zero-order valence-electron chi connectivity index (χ0n) is 12.5. The van der Waals surface area contributed by atoms with Crippen molar-refractivity contribution in [1.29, 1.82) is 0 Å². The first kappa shape index (κ1) is 17.8. The van der Waals surface area contributed by atoms with E-state index in [0.717, 1.165) is 22.6 Å². The third-order valence-electron chi connectivity index (χ3n) is 3.17. The van der Waals surface area contributed by atoms with Crippen molar-refractivity contribution < 1.29 is 0 Å². The fourth-order valence-corrected chi connectivity index (χ4v) is 3.09. The van der Waals surface area contributed by atoms with Crippen LogP contribution in [0.5, 0.6) is 0 Å². The number of nitrogens with two attached hydrogens (primary N) is 2. The van der Waals surface area contributed by atoms with Gasteiger partial charge in [-0.3, -0.25) is 0 Å². The average molecular weight is 365 g/mol. The second kappa shape index (κ2) is 8.92. The Balaban J connectivity index is 1.82. The second-order valence-corrected chi connectivity index (χ2v) is 6.72. The fraction of sp³-hybridized carbons (Fsp3) is 0.111. The van der Waals surface area contributed by atoms with Crippen molar-refractivity contribution in [2.45, 2.75) is 0 Å². The Labute approximate surface area is 151 Å². The van der Waals surface area contributed by atoms with E-state index < -0.39 is 0 Å². The highest BCUT2D eigenvalue weighted by molar-refractivity contribution is 7.99. The molecule has 0 saturated carbocycles. The van der Waals surface area contributed by atoms with Gasteiger partial charge >= 0.3 is 0 Å². The number of anilines is 2. The van der Waals surface area contributed by atoms with Gasteiger partial charge in [0.15, 0.2) is 0 Å². The number of halogens is 2. The van der Waals surface area contributed by atoms with Crippen LogP contribution in [0, 0.1) is 0 Å². The van der Waals surface area contributed by atoms with Crippen LogP contribution in [0.4, 0.5) is 11.4 Å². The number of rotatable bonds is 6. The minimum Gasteiger partial charge on any atom is -0.398 e. The summed E-state index contributed by atoms with van der Waals surface area (Å²) in [4.78, 5) is 0. The molecule has 0 spiro atoms. The molecule has 0 aliphatic carbocycles. The van der Waals surface area contributed by atoms with Crippen LogP contribution in [0.3, 0.4) is 0 Å². The Morgan fingerprint density at radius 2 is 1.22 bits per heavy atom. The van der Waals surface area contributed by atoms with E-state index in [9.17, 15) is 0 Å². The van der Waals surface area contributed by atoms with Crippen LogP contribution >= 0.6 is 35.0 Å². The first-order valence-electron chi connectivity index (χ1n) is 7.08. The molecule has 0 bridgehead atoms. The van der Waals surface area contributed by atoms with E-state index in [1.807, 2.05) is 48.6 Å². The Hall–Kier alpha value is -1.55. The first-order chi connectivity index (χ1) is 11.1. The largest absolute Gasteiger partial charge is 0.398 e. The Morgan fingerprint density at radius 1 is 0.783 bits per heavy atom. The lowest BCUT2D eigenvalue weighted by atomic mass is 10.1. The normalized spacial score (nSPS) is 11.6. The van der Waals surface area contributed by atoms with Crippen molar-refractivity contribution in [2.75, 3.05) is 23.0 Å². The molecule has 0 heterocycles. The van der Waals surface area contributed by atoms with Gasteiger partial charge in [-0.25, -0.2) is 0 Å². The summed E-state index contributed by atoms with van der Waals surface area (Å²) in [5.41, 5.74) is 14.9. The van der Waals surface area contributed by atoms with Crippen LogP contribution < -0.4 is 11.5 Å². The van der Waals surface area contributed by atoms with Gasteiger partial charge in [0.2, 0.25) is 0 Å². The van der Waals surface area contributed by atoms with Crippen molar-refractivity contribution in [1.82, 2.24) is 0 Å². The molecule has 120 valence electrons. The maximum absolute atomic E-state index is 6.12. The van der Waals surface area contributed by atoms with Crippen molar-refractivity contribution in [3.63, 3.8) is 0 Å². The molecule has 0 unspecified atom stereocenters. The van der Waals surface area contributed by atoms with E-state index in [4.69, 9.17) is 34.7 Å². The second-order valence-electron chi connectivity index (χ2n) is 4.83. The minimum atomic E-state index is 0.667. The number of thioether (sulfide) groups is 1. The molecule has 0 fully saturated rings. The Kier molecular flexibility index (Phi) is 6.90. The molecule has 0 radical (unpaired) electrons. The predicted molar refractivity (Wildman–Crippen MR) is 107 cm³/mol. The molecule has 0 aliphatic heterocycles. The summed E-state index contributed by atoms with van der Waals surface area (Å²) in [6.45, 7) is 0. The molecule has 0 atom stereocenters. The van der Waals surface area contributed by atoms with Gasteiger partial charge in [0, 0.05) is 44.1 Å². The molecule has 5 heteroatoms. The van der Waals surface area contributed by atoms with Gasteiger partial charge in [0.25, 0.3) is 0 Å². The number of benzene rings is 2. The molecule has 23 heavy (non-hydrogen) atoms. The van der Waals surface area contributed by atoms with Crippen molar-refractivity contribution >= 4 is 58.5 Å². The van der Waals surface area contributed by atoms with E-state index in [2.05, 4.69) is 12.2 Å². The summed E-state index contributed by atoms with van der Waals surface area (Å²) < 4.78 is 0. The van der Waals surface area contributed by atoms with E-state index in [-0.39, 0.29) is 0 Å². The predicted octanol–water partition coefficient (Wildman–Crippen LogP) is 5.62. The van der Waals surface area contributed by atoms with E-state index in [0.29, 0.717) is 21.4 Å². The maximum Gasteiger partial charge on any atom is 0.0498 e. The molecule has 2 rings (SSSR count). The van der Waals surface area contributed by atoms with Gasteiger partial charge in [0.05, 0.1) is 0 Å². The van der Waals surface area contributed by atoms with Crippen LogP contribution in [-0.4, -0.2) is 11.5 Å². The quantitative estimate of drug-likeness (QED) is 0.516. The summed E-state index contributed by atoms with van der Waals surface area (Å²) in [5, 5.41) is 1.33. The number of nitrogen functional groups attached to an aromatic ring is 2. The standard InChI is InChI=1S/C18H18Cl2N2S/c19-15-7-1-9-17(21)13(15)5-3-11-23-12-4-6-14-16(20)8-2-10-18(14)22/h1-10H,11-12,21-22H2.